The summed E-state index contributed by atoms with van der Waals surface area (Å²) in [4.78, 5) is 19.7. The minimum Gasteiger partial charge on any atom is -0.372 e. The molecule has 23 heavy (non-hydrogen) atoms. The van der Waals surface area contributed by atoms with Gasteiger partial charge in [-0.25, -0.2) is 4.98 Å². The molecule has 0 radical (unpaired) electrons. The number of carbonyl (C=O) groups excluding carboxylic acids is 1. The van der Waals surface area contributed by atoms with Gasteiger partial charge in [0.05, 0.1) is 19.3 Å². The van der Waals surface area contributed by atoms with Crippen molar-refractivity contribution in [3.05, 3.63) is 51.0 Å². The van der Waals surface area contributed by atoms with Gasteiger partial charge in [-0.05, 0) is 49.4 Å². The summed E-state index contributed by atoms with van der Waals surface area (Å²) >= 11 is 1.67. The Balaban J connectivity index is 1.62. The molecule has 1 aromatic carbocycles. The number of rotatable bonds is 2. The molecule has 1 unspecified atom stereocenters. The quantitative estimate of drug-likeness (QED) is 0.841. The number of benzene rings is 1. The zero-order valence-electron chi connectivity index (χ0n) is 13.2. The lowest BCUT2D eigenvalue weighted by Gasteiger charge is -2.34. The number of aromatic nitrogens is 1. The first-order valence-electron chi connectivity index (χ1n) is 8.15. The van der Waals surface area contributed by atoms with E-state index < -0.39 is 0 Å². The van der Waals surface area contributed by atoms with Crippen LogP contribution in [0.25, 0.3) is 0 Å². The van der Waals surface area contributed by atoms with Gasteiger partial charge in [0.2, 0.25) is 0 Å². The predicted octanol–water partition coefficient (Wildman–Crippen LogP) is 3.85. The van der Waals surface area contributed by atoms with Gasteiger partial charge in [-0.15, -0.1) is 11.3 Å². The average Bonchev–Trinajstić information content (AvgIpc) is 3.22. The monoisotopic (exact) mass is 328 g/mol. The van der Waals surface area contributed by atoms with E-state index in [4.69, 9.17) is 4.74 Å². The second-order valence-corrected chi connectivity index (χ2v) is 7.20. The number of hydrogen-bond acceptors (Lipinski definition) is 4. The highest BCUT2D eigenvalue weighted by molar-refractivity contribution is 7.09. The van der Waals surface area contributed by atoms with Crippen LogP contribution in [0.4, 0.5) is 0 Å². The number of aryl methyl sites for hydroxylation is 1. The van der Waals surface area contributed by atoms with Crippen LogP contribution in [0.3, 0.4) is 0 Å². The Bertz CT molecular complexity index is 740. The van der Waals surface area contributed by atoms with Crippen molar-refractivity contribution in [1.29, 1.82) is 0 Å². The van der Waals surface area contributed by atoms with Crippen LogP contribution in [0.1, 0.15) is 57.5 Å². The summed E-state index contributed by atoms with van der Waals surface area (Å²) in [6, 6.07) is 6.10. The van der Waals surface area contributed by atoms with Crippen molar-refractivity contribution in [1.82, 2.24) is 9.88 Å². The minimum absolute atomic E-state index is 0.122. The first kappa shape index (κ1) is 14.8. The highest BCUT2D eigenvalue weighted by Gasteiger charge is 2.31. The zero-order valence-corrected chi connectivity index (χ0v) is 14.1. The Morgan fingerprint density at radius 2 is 2.17 bits per heavy atom. The number of ether oxygens (including phenoxy) is 1. The van der Waals surface area contributed by atoms with Crippen LogP contribution >= 0.6 is 11.3 Å². The van der Waals surface area contributed by atoms with E-state index in [9.17, 15) is 4.79 Å². The van der Waals surface area contributed by atoms with Crippen LogP contribution in [0.2, 0.25) is 0 Å². The van der Waals surface area contributed by atoms with E-state index in [0.29, 0.717) is 13.2 Å². The number of amides is 1. The third-order valence-corrected chi connectivity index (χ3v) is 5.72. The molecule has 0 N–H and O–H groups in total. The summed E-state index contributed by atoms with van der Waals surface area (Å²) in [5.74, 6) is 0.122. The number of fused-ring (bicyclic) bond motifs is 1. The molecule has 1 amide bonds. The van der Waals surface area contributed by atoms with Gasteiger partial charge in [-0.3, -0.25) is 4.79 Å². The molecule has 0 spiro atoms. The third-order valence-electron chi connectivity index (χ3n) is 4.65. The lowest BCUT2D eigenvalue weighted by molar-refractivity contribution is 0.0611. The Morgan fingerprint density at radius 3 is 3.00 bits per heavy atom. The van der Waals surface area contributed by atoms with E-state index in [1.54, 1.807) is 11.3 Å². The van der Waals surface area contributed by atoms with Gasteiger partial charge < -0.3 is 9.64 Å². The zero-order chi connectivity index (χ0) is 15.8. The molecule has 3 heterocycles. The van der Waals surface area contributed by atoms with E-state index >= 15 is 0 Å². The largest absolute Gasteiger partial charge is 0.372 e. The van der Waals surface area contributed by atoms with Gasteiger partial charge in [0.1, 0.15) is 5.01 Å². The van der Waals surface area contributed by atoms with Crippen molar-refractivity contribution < 1.29 is 9.53 Å². The second kappa shape index (κ2) is 6.06. The number of thiazole rings is 1. The molecule has 1 fully saturated rings. The fourth-order valence-corrected chi connectivity index (χ4v) is 4.37. The van der Waals surface area contributed by atoms with Crippen molar-refractivity contribution in [2.24, 2.45) is 0 Å². The summed E-state index contributed by atoms with van der Waals surface area (Å²) in [7, 11) is 0. The van der Waals surface area contributed by atoms with Crippen LogP contribution < -0.4 is 0 Å². The molecule has 0 saturated carbocycles. The summed E-state index contributed by atoms with van der Waals surface area (Å²) in [6.45, 7) is 4.10. The van der Waals surface area contributed by atoms with Crippen LogP contribution in [-0.4, -0.2) is 22.3 Å². The highest BCUT2D eigenvalue weighted by atomic mass is 32.1. The molecule has 1 saturated heterocycles. The molecule has 4 rings (SSSR count). The van der Waals surface area contributed by atoms with Crippen molar-refractivity contribution >= 4 is 17.2 Å². The number of nitrogens with zero attached hydrogens (tertiary/aromatic N) is 2. The maximum Gasteiger partial charge on any atom is 0.254 e. The van der Waals surface area contributed by atoms with Gasteiger partial charge in [0.25, 0.3) is 5.91 Å². The van der Waals surface area contributed by atoms with E-state index in [0.717, 1.165) is 47.6 Å². The lowest BCUT2D eigenvalue weighted by atomic mass is 10.00. The number of piperidine rings is 1. The maximum absolute atomic E-state index is 13.1. The molecule has 0 aliphatic carbocycles. The smallest absolute Gasteiger partial charge is 0.254 e. The van der Waals surface area contributed by atoms with E-state index in [1.807, 2.05) is 30.0 Å². The predicted molar refractivity (Wildman–Crippen MR) is 89.4 cm³/mol. The normalized spacial score (nSPS) is 20.6. The molecule has 120 valence electrons. The third kappa shape index (κ3) is 2.79. The van der Waals surface area contributed by atoms with Crippen molar-refractivity contribution in [3.63, 3.8) is 0 Å². The van der Waals surface area contributed by atoms with Gasteiger partial charge in [0.15, 0.2) is 0 Å². The van der Waals surface area contributed by atoms with Gasteiger partial charge in [0, 0.05) is 23.2 Å². The fourth-order valence-electron chi connectivity index (χ4n) is 3.43. The lowest BCUT2D eigenvalue weighted by Crippen LogP contribution is -2.38. The highest BCUT2D eigenvalue weighted by Crippen LogP contribution is 2.34. The topological polar surface area (TPSA) is 42.4 Å². The van der Waals surface area contributed by atoms with Gasteiger partial charge in [-0.1, -0.05) is 6.07 Å². The molecule has 4 nitrogen and oxygen atoms in total. The van der Waals surface area contributed by atoms with Crippen molar-refractivity contribution in [2.45, 2.75) is 45.4 Å². The van der Waals surface area contributed by atoms with Crippen molar-refractivity contribution in [3.8, 4) is 0 Å². The van der Waals surface area contributed by atoms with E-state index in [1.165, 1.54) is 5.56 Å². The first-order chi connectivity index (χ1) is 11.2. The summed E-state index contributed by atoms with van der Waals surface area (Å²) in [5.41, 5.74) is 4.16. The molecule has 1 aromatic heterocycles. The molecular weight excluding hydrogens is 308 g/mol. The maximum atomic E-state index is 13.1. The Hall–Kier alpha value is -1.72. The van der Waals surface area contributed by atoms with Crippen molar-refractivity contribution in [2.75, 3.05) is 6.54 Å². The first-order valence-corrected chi connectivity index (χ1v) is 9.03. The Kier molecular flexibility index (Phi) is 3.91. The minimum atomic E-state index is 0.122. The Morgan fingerprint density at radius 1 is 1.30 bits per heavy atom. The van der Waals surface area contributed by atoms with Crippen LogP contribution in [0.5, 0.6) is 0 Å². The van der Waals surface area contributed by atoms with E-state index in [-0.39, 0.29) is 11.9 Å². The standard InChI is InChI=1S/C18H20N2O2S/c1-12-11-23-17(19-12)16-4-2-3-7-20(16)18(21)13-5-6-14-9-22-10-15(14)8-13/h5-6,8,11,16H,2-4,7,9-10H2,1H3. The van der Waals surface area contributed by atoms with E-state index in [2.05, 4.69) is 10.4 Å². The molecular formula is C18H20N2O2S. The fraction of sp³-hybridized carbons (Fsp3) is 0.444. The number of likely N-dealkylation sites (tertiary alicyclic amines) is 1. The van der Waals surface area contributed by atoms with Crippen LogP contribution in [0.15, 0.2) is 23.6 Å². The molecule has 2 aliphatic heterocycles. The summed E-state index contributed by atoms with van der Waals surface area (Å²) in [6.07, 6.45) is 3.23. The van der Waals surface area contributed by atoms with Gasteiger partial charge >= 0.3 is 0 Å². The van der Waals surface area contributed by atoms with Crippen LogP contribution in [-0.2, 0) is 18.0 Å². The average molecular weight is 328 g/mol. The Labute approximate surface area is 140 Å². The molecule has 1 atom stereocenters. The molecule has 2 aromatic rings. The molecule has 2 aliphatic rings. The number of hydrogen-bond donors (Lipinski definition) is 0. The number of carbonyl (C=O) groups is 1. The van der Waals surface area contributed by atoms with Crippen LogP contribution in [0, 0.1) is 6.92 Å². The second-order valence-electron chi connectivity index (χ2n) is 6.31. The SMILES string of the molecule is Cc1csc(C2CCCCN2C(=O)c2ccc3c(c2)COC3)n1. The molecule has 5 heteroatoms. The van der Waals surface area contributed by atoms with Gasteiger partial charge in [-0.2, -0.15) is 0 Å². The molecule has 0 bridgehead atoms. The summed E-state index contributed by atoms with van der Waals surface area (Å²) < 4.78 is 5.46. The summed E-state index contributed by atoms with van der Waals surface area (Å²) in [5, 5.41) is 3.14.